The van der Waals surface area contributed by atoms with Crippen molar-refractivity contribution in [3.63, 3.8) is 0 Å². The lowest BCUT2D eigenvalue weighted by Gasteiger charge is -2.17. The highest BCUT2D eigenvalue weighted by Gasteiger charge is 2.23. The molecule has 0 amide bonds. The summed E-state index contributed by atoms with van der Waals surface area (Å²) in [6.07, 6.45) is 3.91. The molecule has 0 aromatic heterocycles. The molecule has 4 heteroatoms. The van der Waals surface area contributed by atoms with Crippen LogP contribution >= 0.6 is 15.9 Å². The molecule has 1 fully saturated rings. The Morgan fingerprint density at radius 1 is 1.50 bits per heavy atom. The van der Waals surface area contributed by atoms with Crippen molar-refractivity contribution >= 4 is 20.6 Å². The maximum Gasteiger partial charge on any atom is 0.146 e. The summed E-state index contributed by atoms with van der Waals surface area (Å²) in [5.41, 5.74) is 0. The highest BCUT2D eigenvalue weighted by molar-refractivity contribution is 9.18. The molecule has 0 radical (unpaired) electrons. The fourth-order valence-electron chi connectivity index (χ4n) is 1.75. The van der Waals surface area contributed by atoms with Gasteiger partial charge in [0.15, 0.2) is 0 Å². The zero-order chi connectivity index (χ0) is 8.39. The van der Waals surface area contributed by atoms with Crippen molar-refractivity contribution in [2.45, 2.75) is 25.4 Å². The first-order chi connectivity index (χ1) is 5.84. The predicted molar refractivity (Wildman–Crippen MR) is 51.5 cm³/mol. The van der Waals surface area contributed by atoms with E-state index in [1.165, 1.54) is 25.9 Å². The third kappa shape index (κ3) is 1.98. The first-order valence-corrected chi connectivity index (χ1v) is 5.24. The number of likely N-dealkylation sites (tertiary alicyclic amines) is 1. The van der Waals surface area contributed by atoms with Crippen molar-refractivity contribution in [2.75, 3.05) is 19.6 Å². The zero-order valence-corrected chi connectivity index (χ0v) is 8.59. The van der Waals surface area contributed by atoms with E-state index in [0.29, 0.717) is 0 Å². The molecule has 2 heterocycles. The average Bonchev–Trinajstić information content (AvgIpc) is 2.63. The molecule has 0 spiro atoms. The summed E-state index contributed by atoms with van der Waals surface area (Å²) in [6.45, 7) is 3.51. The van der Waals surface area contributed by atoms with Gasteiger partial charge in [-0.05, 0) is 41.9 Å². The van der Waals surface area contributed by atoms with Crippen molar-refractivity contribution in [1.29, 1.82) is 0 Å². The van der Waals surface area contributed by atoms with E-state index in [-0.39, 0.29) is 6.10 Å². The second-order valence-corrected chi connectivity index (χ2v) is 4.32. The minimum atomic E-state index is 0.289. The Kier molecular flexibility index (Phi) is 2.66. The van der Waals surface area contributed by atoms with Gasteiger partial charge >= 0.3 is 0 Å². The minimum Gasteiger partial charge on any atom is -0.390 e. The van der Waals surface area contributed by atoms with Gasteiger partial charge in [-0.2, -0.15) is 0 Å². The molecule has 1 atom stereocenters. The third-order valence-electron chi connectivity index (χ3n) is 2.36. The summed E-state index contributed by atoms with van der Waals surface area (Å²) in [7, 11) is 0. The van der Waals surface area contributed by atoms with Crippen LogP contribution in [-0.2, 0) is 4.84 Å². The van der Waals surface area contributed by atoms with Gasteiger partial charge in [0.2, 0.25) is 0 Å². The maximum absolute atomic E-state index is 5.23. The van der Waals surface area contributed by atoms with Gasteiger partial charge in [0.05, 0.1) is 0 Å². The Morgan fingerprint density at radius 3 is 2.83 bits per heavy atom. The fourth-order valence-corrected chi connectivity index (χ4v) is 2.19. The summed E-state index contributed by atoms with van der Waals surface area (Å²) in [5.74, 6) is 0. The van der Waals surface area contributed by atoms with Gasteiger partial charge in [-0.25, -0.2) is 0 Å². The van der Waals surface area contributed by atoms with Crippen LogP contribution in [0.4, 0.5) is 0 Å². The standard InChI is InChI=1S/C8H13BrN2O/c9-8-5-7(12-10-8)6-11-3-1-2-4-11/h7H,1-6H2. The molecule has 2 rings (SSSR count). The predicted octanol–water partition coefficient (Wildman–Crippen LogP) is 1.58. The van der Waals surface area contributed by atoms with Crippen molar-refractivity contribution < 1.29 is 4.84 Å². The zero-order valence-electron chi connectivity index (χ0n) is 7.00. The Bertz CT molecular complexity index is 189. The average molecular weight is 233 g/mol. The highest BCUT2D eigenvalue weighted by atomic mass is 79.9. The molecule has 0 aromatic carbocycles. The molecule has 1 saturated heterocycles. The molecule has 3 nitrogen and oxygen atoms in total. The van der Waals surface area contributed by atoms with Gasteiger partial charge in [0.25, 0.3) is 0 Å². The van der Waals surface area contributed by atoms with Crippen LogP contribution < -0.4 is 0 Å². The third-order valence-corrected chi connectivity index (χ3v) is 2.83. The van der Waals surface area contributed by atoms with Crippen molar-refractivity contribution in [3.8, 4) is 0 Å². The van der Waals surface area contributed by atoms with E-state index >= 15 is 0 Å². The van der Waals surface area contributed by atoms with Crippen LogP contribution in [0.2, 0.25) is 0 Å². The minimum absolute atomic E-state index is 0.289. The Morgan fingerprint density at radius 2 is 2.25 bits per heavy atom. The van der Waals surface area contributed by atoms with Gasteiger partial charge in [0.1, 0.15) is 10.7 Å². The molecule has 68 valence electrons. The second kappa shape index (κ2) is 3.75. The summed E-state index contributed by atoms with van der Waals surface area (Å²) < 4.78 is 0.951. The second-order valence-electron chi connectivity index (χ2n) is 3.41. The van der Waals surface area contributed by atoms with Crippen LogP contribution in [-0.4, -0.2) is 35.3 Å². The fraction of sp³-hybridized carbons (Fsp3) is 0.875. The van der Waals surface area contributed by atoms with Gasteiger partial charge in [-0.3, -0.25) is 4.90 Å². The molecule has 0 N–H and O–H groups in total. The van der Waals surface area contributed by atoms with E-state index < -0.39 is 0 Å². The number of oxime groups is 1. The molecule has 0 aromatic rings. The normalized spacial score (nSPS) is 30.4. The Balaban J connectivity index is 1.74. The van der Waals surface area contributed by atoms with E-state index in [0.717, 1.165) is 17.6 Å². The van der Waals surface area contributed by atoms with E-state index in [4.69, 9.17) is 4.84 Å². The number of hydrogen-bond acceptors (Lipinski definition) is 3. The number of halogens is 1. The molecule has 2 aliphatic heterocycles. The number of hydrogen-bond donors (Lipinski definition) is 0. The summed E-state index contributed by atoms with van der Waals surface area (Å²) in [5, 5.41) is 3.87. The molecule has 0 aliphatic carbocycles. The van der Waals surface area contributed by atoms with E-state index in [9.17, 15) is 0 Å². The van der Waals surface area contributed by atoms with Crippen molar-refractivity contribution in [2.24, 2.45) is 5.16 Å². The van der Waals surface area contributed by atoms with E-state index in [2.05, 4.69) is 26.0 Å². The lowest BCUT2D eigenvalue weighted by Crippen LogP contribution is -2.29. The lowest BCUT2D eigenvalue weighted by molar-refractivity contribution is 0.0589. The monoisotopic (exact) mass is 232 g/mol. The molecule has 12 heavy (non-hydrogen) atoms. The molecule has 2 aliphatic rings. The van der Waals surface area contributed by atoms with E-state index in [1.807, 2.05) is 0 Å². The summed E-state index contributed by atoms with van der Waals surface area (Å²) >= 11 is 3.33. The molecular formula is C8H13BrN2O. The SMILES string of the molecule is BrC1=NOC(CN2CCCC2)C1. The summed E-state index contributed by atoms with van der Waals surface area (Å²) in [6, 6.07) is 0. The van der Waals surface area contributed by atoms with Crippen LogP contribution in [0.15, 0.2) is 5.16 Å². The van der Waals surface area contributed by atoms with Crippen LogP contribution in [0.1, 0.15) is 19.3 Å². The first-order valence-electron chi connectivity index (χ1n) is 4.45. The molecular weight excluding hydrogens is 220 g/mol. The summed E-state index contributed by atoms with van der Waals surface area (Å²) in [4.78, 5) is 7.68. The van der Waals surface area contributed by atoms with Gasteiger partial charge in [-0.15, -0.1) is 0 Å². The smallest absolute Gasteiger partial charge is 0.146 e. The van der Waals surface area contributed by atoms with E-state index in [1.54, 1.807) is 0 Å². The largest absolute Gasteiger partial charge is 0.390 e. The number of nitrogens with zero attached hydrogens (tertiary/aromatic N) is 2. The molecule has 0 saturated carbocycles. The quantitative estimate of drug-likeness (QED) is 0.723. The van der Waals surface area contributed by atoms with Crippen LogP contribution in [0.3, 0.4) is 0 Å². The van der Waals surface area contributed by atoms with Crippen LogP contribution in [0, 0.1) is 0 Å². The lowest BCUT2D eigenvalue weighted by atomic mass is 10.2. The Labute approximate surface area is 80.9 Å². The van der Waals surface area contributed by atoms with Gasteiger partial charge in [-0.1, -0.05) is 5.16 Å². The topological polar surface area (TPSA) is 24.8 Å². The van der Waals surface area contributed by atoms with Crippen molar-refractivity contribution in [1.82, 2.24) is 4.90 Å². The molecule has 1 unspecified atom stereocenters. The first kappa shape index (κ1) is 8.51. The van der Waals surface area contributed by atoms with Gasteiger partial charge < -0.3 is 4.84 Å². The maximum atomic E-state index is 5.23. The van der Waals surface area contributed by atoms with Crippen molar-refractivity contribution in [3.05, 3.63) is 0 Å². The molecule has 0 bridgehead atoms. The van der Waals surface area contributed by atoms with Crippen LogP contribution in [0.5, 0.6) is 0 Å². The van der Waals surface area contributed by atoms with Crippen LogP contribution in [0.25, 0.3) is 0 Å². The highest BCUT2D eigenvalue weighted by Crippen LogP contribution is 2.17. The van der Waals surface area contributed by atoms with Gasteiger partial charge in [0, 0.05) is 13.0 Å². The number of rotatable bonds is 2. The Hall–Kier alpha value is -0.0900.